The van der Waals surface area contributed by atoms with Crippen molar-refractivity contribution in [2.75, 3.05) is 26.8 Å². The van der Waals surface area contributed by atoms with Crippen LogP contribution in [-0.4, -0.2) is 37.7 Å². The fraction of sp³-hybridized carbons (Fsp3) is 0.417. The summed E-state index contributed by atoms with van der Waals surface area (Å²) in [5.74, 6) is 0.604. The number of nitrogens with two attached hydrogens (primary N) is 1. The third-order valence-corrected chi connectivity index (χ3v) is 3.36. The van der Waals surface area contributed by atoms with Crippen LogP contribution in [0.15, 0.2) is 33.7 Å². The molecule has 0 saturated heterocycles. The first kappa shape index (κ1) is 12.4. The second-order valence-corrected chi connectivity index (χ2v) is 4.87. The van der Waals surface area contributed by atoms with Crippen molar-refractivity contribution in [1.29, 1.82) is 0 Å². The third-order valence-electron chi connectivity index (χ3n) is 2.87. The molecule has 1 aliphatic rings. The molecule has 0 amide bonds. The quantitative estimate of drug-likeness (QED) is 0.921. The van der Waals surface area contributed by atoms with Crippen molar-refractivity contribution in [3.63, 3.8) is 0 Å². The van der Waals surface area contributed by atoms with Gasteiger partial charge in [-0.25, -0.2) is 0 Å². The number of ether oxygens (including phenoxy) is 1. The van der Waals surface area contributed by atoms with Gasteiger partial charge in [-0.3, -0.25) is 4.99 Å². The summed E-state index contributed by atoms with van der Waals surface area (Å²) in [7, 11) is 1.69. The first-order valence-corrected chi connectivity index (χ1v) is 6.32. The molecule has 1 aliphatic heterocycles. The number of hydrogen-bond acceptors (Lipinski definition) is 4. The van der Waals surface area contributed by atoms with Gasteiger partial charge in [0.15, 0.2) is 5.96 Å². The molecule has 0 saturated carbocycles. The number of benzene rings is 1. The van der Waals surface area contributed by atoms with E-state index in [0.717, 1.165) is 11.0 Å². The van der Waals surface area contributed by atoms with E-state index in [1.807, 2.05) is 12.1 Å². The van der Waals surface area contributed by atoms with E-state index in [9.17, 15) is 0 Å². The molecule has 92 valence electrons. The first-order valence-electron chi connectivity index (χ1n) is 5.53. The van der Waals surface area contributed by atoms with Crippen LogP contribution in [0.2, 0.25) is 0 Å². The Bertz CT molecular complexity index is 422. The van der Waals surface area contributed by atoms with E-state index in [2.05, 4.69) is 38.0 Å². The summed E-state index contributed by atoms with van der Waals surface area (Å²) >= 11 is 3.49. The van der Waals surface area contributed by atoms with E-state index < -0.39 is 0 Å². The number of nitrogens with zero attached hydrogens (tertiary/aromatic N) is 2. The zero-order valence-corrected chi connectivity index (χ0v) is 11.4. The number of hydrogen-bond donors (Lipinski definition) is 1. The minimum absolute atomic E-state index is 0.225. The zero-order valence-electron chi connectivity index (χ0n) is 9.77. The molecule has 0 spiro atoms. The highest BCUT2D eigenvalue weighted by atomic mass is 79.9. The molecular weight excluding hydrogens is 282 g/mol. The van der Waals surface area contributed by atoms with Crippen molar-refractivity contribution in [2.45, 2.75) is 6.04 Å². The Morgan fingerprint density at radius 1 is 1.59 bits per heavy atom. The summed E-state index contributed by atoms with van der Waals surface area (Å²) < 4.78 is 6.17. The lowest BCUT2D eigenvalue weighted by molar-refractivity contribution is 0.166. The Morgan fingerprint density at radius 2 is 2.41 bits per heavy atom. The highest BCUT2D eigenvalue weighted by molar-refractivity contribution is 9.10. The molecule has 1 heterocycles. The van der Waals surface area contributed by atoms with Crippen molar-refractivity contribution in [3.05, 3.63) is 34.3 Å². The molecule has 5 heteroatoms. The van der Waals surface area contributed by atoms with Gasteiger partial charge in [-0.15, -0.1) is 0 Å². The van der Waals surface area contributed by atoms with E-state index in [4.69, 9.17) is 10.5 Å². The maximum absolute atomic E-state index is 5.89. The van der Waals surface area contributed by atoms with Gasteiger partial charge in [0.2, 0.25) is 0 Å². The molecule has 0 fully saturated rings. The van der Waals surface area contributed by atoms with Crippen LogP contribution in [0.3, 0.4) is 0 Å². The lowest BCUT2D eigenvalue weighted by atomic mass is 10.1. The van der Waals surface area contributed by atoms with Crippen LogP contribution in [-0.2, 0) is 4.74 Å². The van der Waals surface area contributed by atoms with Crippen LogP contribution in [0.5, 0.6) is 0 Å². The molecular formula is C12H16BrN3O. The molecule has 1 aromatic carbocycles. The highest BCUT2D eigenvalue weighted by Gasteiger charge is 2.26. The molecule has 17 heavy (non-hydrogen) atoms. The van der Waals surface area contributed by atoms with Crippen LogP contribution in [0, 0.1) is 0 Å². The Morgan fingerprint density at radius 3 is 3.12 bits per heavy atom. The summed E-state index contributed by atoms with van der Waals surface area (Å²) in [5, 5.41) is 0. The minimum Gasteiger partial charge on any atom is -0.383 e. The fourth-order valence-electron chi connectivity index (χ4n) is 1.99. The summed E-state index contributed by atoms with van der Waals surface area (Å²) in [6, 6.07) is 8.48. The van der Waals surface area contributed by atoms with Gasteiger partial charge < -0.3 is 15.4 Å². The normalized spacial score (nSPS) is 19.5. The van der Waals surface area contributed by atoms with Crippen molar-refractivity contribution in [2.24, 2.45) is 10.7 Å². The molecule has 0 aliphatic carbocycles. The summed E-state index contributed by atoms with van der Waals surface area (Å²) in [5.41, 5.74) is 7.12. The molecule has 2 N–H and O–H groups in total. The van der Waals surface area contributed by atoms with Gasteiger partial charge in [0.1, 0.15) is 0 Å². The minimum atomic E-state index is 0.225. The molecule has 1 unspecified atom stereocenters. The SMILES string of the molecule is COCCN1C(N)=NCC1c1cccc(Br)c1. The second-order valence-electron chi connectivity index (χ2n) is 3.96. The van der Waals surface area contributed by atoms with Crippen molar-refractivity contribution < 1.29 is 4.74 Å². The number of methoxy groups -OCH3 is 1. The molecule has 4 nitrogen and oxygen atoms in total. The number of rotatable bonds is 4. The Hall–Kier alpha value is -1.07. The first-order chi connectivity index (χ1) is 8.22. The molecule has 1 aromatic rings. The van der Waals surface area contributed by atoms with Gasteiger partial charge in [-0.05, 0) is 17.7 Å². The average Bonchev–Trinajstić information content (AvgIpc) is 2.68. The van der Waals surface area contributed by atoms with E-state index >= 15 is 0 Å². The Balaban J connectivity index is 2.15. The number of halogens is 1. The largest absolute Gasteiger partial charge is 0.383 e. The monoisotopic (exact) mass is 297 g/mol. The van der Waals surface area contributed by atoms with E-state index in [1.54, 1.807) is 7.11 Å². The lowest BCUT2D eigenvalue weighted by Gasteiger charge is -2.26. The van der Waals surface area contributed by atoms with E-state index in [-0.39, 0.29) is 6.04 Å². The fourth-order valence-corrected chi connectivity index (χ4v) is 2.41. The number of aliphatic imine (C=N–C) groups is 1. The van der Waals surface area contributed by atoms with Crippen LogP contribution >= 0.6 is 15.9 Å². The topological polar surface area (TPSA) is 50.9 Å². The number of guanidine groups is 1. The predicted molar refractivity (Wildman–Crippen MR) is 72.0 cm³/mol. The molecule has 1 atom stereocenters. The van der Waals surface area contributed by atoms with Crippen LogP contribution in [0.1, 0.15) is 11.6 Å². The van der Waals surface area contributed by atoms with E-state index in [0.29, 0.717) is 19.1 Å². The second kappa shape index (κ2) is 5.51. The van der Waals surface area contributed by atoms with Gasteiger partial charge >= 0.3 is 0 Å². The van der Waals surface area contributed by atoms with Crippen molar-refractivity contribution >= 4 is 21.9 Å². The van der Waals surface area contributed by atoms with Gasteiger partial charge in [0.05, 0.1) is 19.2 Å². The maximum atomic E-state index is 5.89. The maximum Gasteiger partial charge on any atom is 0.192 e. The third kappa shape index (κ3) is 2.79. The highest BCUT2D eigenvalue weighted by Crippen LogP contribution is 2.27. The van der Waals surface area contributed by atoms with Crippen molar-refractivity contribution in [1.82, 2.24) is 4.90 Å². The molecule has 0 radical (unpaired) electrons. The molecule has 0 bridgehead atoms. The average molecular weight is 298 g/mol. The molecule has 0 aromatic heterocycles. The lowest BCUT2D eigenvalue weighted by Crippen LogP contribution is -2.38. The van der Waals surface area contributed by atoms with Crippen LogP contribution in [0.25, 0.3) is 0 Å². The summed E-state index contributed by atoms with van der Waals surface area (Å²) in [6.07, 6.45) is 0. The summed E-state index contributed by atoms with van der Waals surface area (Å²) in [6.45, 7) is 2.13. The standard InChI is InChI=1S/C12H16BrN3O/c1-17-6-5-16-11(8-15-12(16)14)9-3-2-4-10(13)7-9/h2-4,7,11H,5-6,8H2,1H3,(H2,14,15). The van der Waals surface area contributed by atoms with Gasteiger partial charge in [0.25, 0.3) is 0 Å². The van der Waals surface area contributed by atoms with E-state index in [1.165, 1.54) is 5.56 Å². The van der Waals surface area contributed by atoms with Gasteiger partial charge in [0, 0.05) is 18.1 Å². The van der Waals surface area contributed by atoms with Crippen molar-refractivity contribution in [3.8, 4) is 0 Å². The van der Waals surface area contributed by atoms with Crippen LogP contribution in [0.4, 0.5) is 0 Å². The van der Waals surface area contributed by atoms with Gasteiger partial charge in [-0.1, -0.05) is 28.1 Å². The smallest absolute Gasteiger partial charge is 0.192 e. The van der Waals surface area contributed by atoms with Gasteiger partial charge in [-0.2, -0.15) is 0 Å². The molecule has 2 rings (SSSR count). The Kier molecular flexibility index (Phi) is 4.02. The zero-order chi connectivity index (χ0) is 12.3. The predicted octanol–water partition coefficient (Wildman–Crippen LogP) is 1.77. The van der Waals surface area contributed by atoms with Crippen LogP contribution < -0.4 is 5.73 Å². The Labute approximate surface area is 110 Å². The summed E-state index contributed by atoms with van der Waals surface area (Å²) in [4.78, 5) is 6.40.